The van der Waals surface area contributed by atoms with Crippen LogP contribution in [0.5, 0.6) is 0 Å². The third-order valence-electron chi connectivity index (χ3n) is 7.14. The first-order valence-corrected chi connectivity index (χ1v) is 14.1. The van der Waals surface area contributed by atoms with Gasteiger partial charge in [-0.15, -0.1) is 16.9 Å². The minimum Gasteiger partial charge on any atom is -0.394 e. The van der Waals surface area contributed by atoms with E-state index in [-0.39, 0.29) is 53.3 Å². The lowest BCUT2D eigenvalue weighted by molar-refractivity contribution is -0.179. The SMILES string of the molecule is CCN(C)C(=O)C(S[C@@H]1O[C@H](CO)[C@H](O)[C@H](n2cc(-c3cc(F)c(Cl)c(Cl)c3)nn2)[C@H]1O)C1(O)CCOCC1. The first-order chi connectivity index (χ1) is 18.5. The minimum absolute atomic E-state index is 0.0250. The van der Waals surface area contributed by atoms with Crippen molar-refractivity contribution in [3.63, 3.8) is 0 Å². The number of hydrogen-bond donors (Lipinski definition) is 4. The lowest BCUT2D eigenvalue weighted by Gasteiger charge is -2.45. The van der Waals surface area contributed by atoms with E-state index in [9.17, 15) is 29.6 Å². The van der Waals surface area contributed by atoms with E-state index in [2.05, 4.69) is 10.3 Å². The van der Waals surface area contributed by atoms with Crippen molar-refractivity contribution < 1.29 is 39.1 Å². The van der Waals surface area contributed by atoms with Gasteiger partial charge in [0.15, 0.2) is 0 Å². The molecule has 0 aliphatic carbocycles. The van der Waals surface area contributed by atoms with Crippen molar-refractivity contribution in [1.29, 1.82) is 0 Å². The third kappa shape index (κ3) is 6.21. The van der Waals surface area contributed by atoms with E-state index < -0.39 is 53.1 Å². The topological polar surface area (TPSA) is 150 Å². The fraction of sp³-hybridized carbons (Fsp3) is 0.625. The van der Waals surface area contributed by atoms with Crippen molar-refractivity contribution in [2.24, 2.45) is 0 Å². The first kappa shape index (κ1) is 30.4. The van der Waals surface area contributed by atoms with Gasteiger partial charge in [-0.3, -0.25) is 4.79 Å². The summed E-state index contributed by atoms with van der Waals surface area (Å²) in [7, 11) is 1.61. The van der Waals surface area contributed by atoms with Crippen LogP contribution in [0.25, 0.3) is 11.3 Å². The van der Waals surface area contributed by atoms with Crippen LogP contribution >= 0.6 is 35.0 Å². The monoisotopic (exact) mass is 608 g/mol. The zero-order valence-corrected chi connectivity index (χ0v) is 23.6. The molecule has 15 heteroatoms. The van der Waals surface area contributed by atoms with Gasteiger partial charge in [0.2, 0.25) is 5.91 Å². The summed E-state index contributed by atoms with van der Waals surface area (Å²) in [6.45, 7) is 2.14. The van der Waals surface area contributed by atoms with Gasteiger partial charge in [0.1, 0.15) is 46.6 Å². The molecule has 11 nitrogen and oxygen atoms in total. The van der Waals surface area contributed by atoms with Gasteiger partial charge < -0.3 is 34.8 Å². The van der Waals surface area contributed by atoms with E-state index in [1.807, 2.05) is 0 Å². The van der Waals surface area contributed by atoms with Gasteiger partial charge in [-0.2, -0.15) is 0 Å². The Kier molecular flexibility index (Phi) is 9.77. The molecule has 4 rings (SSSR count). The Morgan fingerprint density at radius 3 is 2.62 bits per heavy atom. The van der Waals surface area contributed by atoms with E-state index in [0.717, 1.165) is 17.8 Å². The Bertz CT molecular complexity index is 1150. The second kappa shape index (κ2) is 12.5. The van der Waals surface area contributed by atoms with Gasteiger partial charge in [0.05, 0.1) is 28.5 Å². The zero-order chi connectivity index (χ0) is 28.5. The summed E-state index contributed by atoms with van der Waals surface area (Å²) in [5, 5.41) is 50.5. The molecule has 1 unspecified atom stereocenters. The Morgan fingerprint density at radius 2 is 2.00 bits per heavy atom. The molecule has 2 fully saturated rings. The molecule has 0 bridgehead atoms. The Balaban J connectivity index is 1.65. The number of amides is 1. The minimum atomic E-state index is -1.45. The molecule has 2 aliphatic rings. The molecule has 2 saturated heterocycles. The normalized spacial score (nSPS) is 27.8. The first-order valence-electron chi connectivity index (χ1n) is 12.4. The maximum Gasteiger partial charge on any atom is 0.238 e. The number of carbonyl (C=O) groups is 1. The molecule has 4 N–H and O–H groups in total. The molecule has 1 amide bonds. The van der Waals surface area contributed by atoms with Gasteiger partial charge in [0.25, 0.3) is 0 Å². The van der Waals surface area contributed by atoms with Crippen LogP contribution in [-0.2, 0) is 14.3 Å². The summed E-state index contributed by atoms with van der Waals surface area (Å²) in [4.78, 5) is 14.8. The number of hydrogen-bond acceptors (Lipinski definition) is 10. The Labute approximate surface area is 238 Å². The number of ether oxygens (including phenoxy) is 2. The van der Waals surface area contributed by atoms with Crippen molar-refractivity contribution in [2.75, 3.05) is 33.4 Å². The summed E-state index contributed by atoms with van der Waals surface area (Å²) >= 11 is 12.7. The molecule has 1 aromatic carbocycles. The molecule has 0 radical (unpaired) electrons. The summed E-state index contributed by atoms with van der Waals surface area (Å²) in [6, 6.07) is 1.37. The number of carbonyl (C=O) groups excluding carboxylic acids is 1. The highest BCUT2D eigenvalue weighted by molar-refractivity contribution is 8.01. The van der Waals surface area contributed by atoms with Crippen molar-refractivity contribution in [2.45, 2.75) is 60.4 Å². The van der Waals surface area contributed by atoms with Crippen LogP contribution in [-0.4, -0.2) is 114 Å². The molecular formula is C24H31Cl2FN4O7S. The number of nitrogens with zero attached hydrogens (tertiary/aromatic N) is 4. The molecule has 0 saturated carbocycles. The van der Waals surface area contributed by atoms with Crippen LogP contribution in [0.2, 0.25) is 10.0 Å². The van der Waals surface area contributed by atoms with E-state index in [1.54, 1.807) is 14.0 Å². The number of aliphatic hydroxyl groups is 4. The van der Waals surface area contributed by atoms with Crippen LogP contribution in [0.1, 0.15) is 25.8 Å². The summed E-state index contributed by atoms with van der Waals surface area (Å²) < 4.78 is 26.6. The lowest BCUT2D eigenvalue weighted by atomic mass is 9.89. The predicted molar refractivity (Wildman–Crippen MR) is 142 cm³/mol. The molecule has 39 heavy (non-hydrogen) atoms. The Hall–Kier alpha value is -1.55. The Morgan fingerprint density at radius 1 is 1.31 bits per heavy atom. The molecule has 2 aromatic rings. The fourth-order valence-electron chi connectivity index (χ4n) is 4.64. The molecule has 3 heterocycles. The van der Waals surface area contributed by atoms with Gasteiger partial charge in [-0.25, -0.2) is 9.07 Å². The highest BCUT2D eigenvalue weighted by Crippen LogP contribution is 2.42. The molecular weight excluding hydrogens is 578 g/mol. The van der Waals surface area contributed by atoms with Gasteiger partial charge in [-0.05, 0) is 19.1 Å². The van der Waals surface area contributed by atoms with Crippen LogP contribution in [0, 0.1) is 5.82 Å². The molecule has 0 spiro atoms. The molecule has 216 valence electrons. The van der Waals surface area contributed by atoms with E-state index >= 15 is 0 Å². The maximum atomic E-state index is 14.2. The average molecular weight is 610 g/mol. The van der Waals surface area contributed by atoms with Gasteiger partial charge >= 0.3 is 0 Å². The molecule has 6 atom stereocenters. The van der Waals surface area contributed by atoms with E-state index in [0.29, 0.717) is 6.54 Å². The quantitative estimate of drug-likeness (QED) is 0.324. The van der Waals surface area contributed by atoms with E-state index in [1.165, 1.54) is 21.8 Å². The third-order valence-corrected chi connectivity index (χ3v) is 9.49. The smallest absolute Gasteiger partial charge is 0.238 e. The summed E-state index contributed by atoms with van der Waals surface area (Å²) in [5.41, 5.74) is -2.11. The second-order valence-electron chi connectivity index (χ2n) is 9.62. The van der Waals surface area contributed by atoms with Gasteiger partial charge in [0, 0.05) is 45.2 Å². The van der Waals surface area contributed by atoms with Crippen LogP contribution in [0.15, 0.2) is 18.3 Å². The zero-order valence-electron chi connectivity index (χ0n) is 21.3. The summed E-state index contributed by atoms with van der Waals surface area (Å²) in [5.74, 6) is -1.11. The highest BCUT2D eigenvalue weighted by Gasteiger charge is 2.51. The number of thioether (sulfide) groups is 1. The van der Waals surface area contributed by atoms with E-state index in [4.69, 9.17) is 32.7 Å². The molecule has 2 aliphatic heterocycles. The van der Waals surface area contributed by atoms with Crippen molar-refractivity contribution in [3.05, 3.63) is 34.2 Å². The number of aromatic nitrogens is 3. The van der Waals surface area contributed by atoms with Crippen molar-refractivity contribution >= 4 is 40.9 Å². The summed E-state index contributed by atoms with van der Waals surface area (Å²) in [6.07, 6.45) is -2.20. The number of rotatable bonds is 8. The maximum absolute atomic E-state index is 14.2. The number of benzene rings is 1. The van der Waals surface area contributed by atoms with Crippen molar-refractivity contribution in [1.82, 2.24) is 19.9 Å². The average Bonchev–Trinajstić information content (AvgIpc) is 3.40. The largest absolute Gasteiger partial charge is 0.394 e. The molecule has 1 aromatic heterocycles. The number of aliphatic hydroxyl groups excluding tert-OH is 3. The predicted octanol–water partition coefficient (Wildman–Crippen LogP) is 1.49. The standard InChI is InChI=1S/C24H31Cl2FN4O7S/c1-3-30(2)22(35)21(24(36)4-6-37-7-5-24)39-23-20(34)18(19(33)16(11-32)38-23)31-10-15(28-29-31)12-8-13(25)17(26)14(27)9-12/h8-10,16,18-21,23,32-34,36H,3-7,11H2,1-2H3/t16-,18+,19+,20-,21?,23+/m1/s1. The van der Waals surface area contributed by atoms with Crippen LogP contribution < -0.4 is 0 Å². The number of halogens is 3. The fourth-order valence-corrected chi connectivity index (χ4v) is 6.54. The second-order valence-corrected chi connectivity index (χ2v) is 11.6. The highest BCUT2D eigenvalue weighted by atomic mass is 35.5. The van der Waals surface area contributed by atoms with Gasteiger partial charge in [-0.1, -0.05) is 28.4 Å². The van der Waals surface area contributed by atoms with Crippen molar-refractivity contribution in [3.8, 4) is 11.3 Å². The van der Waals surface area contributed by atoms with Crippen LogP contribution in [0.4, 0.5) is 4.39 Å². The van der Waals surface area contributed by atoms with Crippen LogP contribution in [0.3, 0.4) is 0 Å². The lowest BCUT2D eigenvalue weighted by Crippen LogP contribution is -2.58.